The molecule has 1 aliphatic heterocycles. The number of nitrogens with two attached hydrogens (primary N) is 1. The van der Waals surface area contributed by atoms with Gasteiger partial charge < -0.3 is 15.4 Å². The monoisotopic (exact) mass is 242 g/mol. The highest BCUT2D eigenvalue weighted by Crippen LogP contribution is 2.15. The average Bonchev–Trinajstić information content (AvgIpc) is 2.53. The molecule has 0 radical (unpaired) electrons. The molecule has 1 aromatic carbocycles. The lowest BCUT2D eigenvalue weighted by Gasteiger charge is -2.15. The lowest BCUT2D eigenvalue weighted by atomic mass is 10.1. The van der Waals surface area contributed by atoms with Crippen molar-refractivity contribution >= 4 is 24.2 Å². The second-order valence-corrected chi connectivity index (χ2v) is 3.79. The number of hydrogen-bond donors (Lipinski definition) is 1. The summed E-state index contributed by atoms with van der Waals surface area (Å²) in [4.78, 5) is 12.7. The fraction of sp³-hybridized carbons (Fsp3) is 0.364. The van der Waals surface area contributed by atoms with Gasteiger partial charge in [0.1, 0.15) is 6.61 Å². The summed E-state index contributed by atoms with van der Waals surface area (Å²) in [5.74, 6) is 0. The van der Waals surface area contributed by atoms with E-state index in [0.29, 0.717) is 6.61 Å². The molecule has 88 valence electrons. The Bertz CT molecular complexity index is 367. The molecule has 1 fully saturated rings. The number of likely N-dealkylation sites (N-methyl/N-ethyl adjacent to an activating group) is 1. The number of carbonyl (C=O) groups excluding carboxylic acids is 1. The summed E-state index contributed by atoms with van der Waals surface area (Å²) < 4.78 is 4.94. The van der Waals surface area contributed by atoms with Crippen LogP contribution in [0.5, 0.6) is 0 Å². The third kappa shape index (κ3) is 2.58. The molecule has 0 aromatic heterocycles. The van der Waals surface area contributed by atoms with Gasteiger partial charge in [0.05, 0.1) is 6.04 Å². The summed E-state index contributed by atoms with van der Waals surface area (Å²) in [6.45, 7) is 0.472. The molecule has 4 nitrogen and oxygen atoms in total. The molecule has 0 bridgehead atoms. The fourth-order valence-electron chi connectivity index (χ4n) is 1.65. The van der Waals surface area contributed by atoms with Gasteiger partial charge in [-0.2, -0.15) is 0 Å². The summed E-state index contributed by atoms with van der Waals surface area (Å²) in [6, 6.07) is 7.83. The lowest BCUT2D eigenvalue weighted by Crippen LogP contribution is -2.30. The van der Waals surface area contributed by atoms with Crippen molar-refractivity contribution in [1.82, 2.24) is 4.90 Å². The summed E-state index contributed by atoms with van der Waals surface area (Å²) in [6.07, 6.45) is 0.568. The van der Waals surface area contributed by atoms with E-state index in [1.807, 2.05) is 24.3 Å². The van der Waals surface area contributed by atoms with Crippen molar-refractivity contribution in [3.8, 4) is 0 Å². The van der Waals surface area contributed by atoms with Crippen molar-refractivity contribution in [1.29, 1.82) is 0 Å². The van der Waals surface area contributed by atoms with E-state index in [1.165, 1.54) is 5.56 Å². The van der Waals surface area contributed by atoms with Crippen LogP contribution in [0.4, 0.5) is 10.5 Å². The molecule has 1 aliphatic rings. The molecule has 1 heterocycles. The van der Waals surface area contributed by atoms with E-state index in [2.05, 4.69) is 0 Å². The maximum absolute atomic E-state index is 11.1. The minimum atomic E-state index is -0.240. The second-order valence-electron chi connectivity index (χ2n) is 3.79. The van der Waals surface area contributed by atoms with Crippen LogP contribution in [-0.2, 0) is 11.2 Å². The number of ether oxygens (including phenoxy) is 1. The van der Waals surface area contributed by atoms with Gasteiger partial charge in [-0.25, -0.2) is 4.79 Å². The first-order valence-corrected chi connectivity index (χ1v) is 4.91. The summed E-state index contributed by atoms with van der Waals surface area (Å²) in [7, 11) is 1.76. The van der Waals surface area contributed by atoms with Crippen LogP contribution in [0.2, 0.25) is 0 Å². The number of cyclic esters (lactones) is 1. The van der Waals surface area contributed by atoms with Gasteiger partial charge >= 0.3 is 6.09 Å². The van der Waals surface area contributed by atoms with Crippen molar-refractivity contribution in [2.45, 2.75) is 12.5 Å². The SMILES string of the molecule is CN1C(=O)OCC1Cc1ccc(N)cc1.Cl. The second kappa shape index (κ2) is 5.07. The van der Waals surface area contributed by atoms with Crippen LogP contribution in [0.1, 0.15) is 5.56 Å². The van der Waals surface area contributed by atoms with E-state index < -0.39 is 0 Å². The van der Waals surface area contributed by atoms with E-state index in [4.69, 9.17) is 10.5 Å². The molecule has 1 saturated heterocycles. The van der Waals surface area contributed by atoms with E-state index in [1.54, 1.807) is 11.9 Å². The number of rotatable bonds is 2. The number of halogens is 1. The standard InChI is InChI=1S/C11H14N2O2.ClH/c1-13-10(7-15-11(13)14)6-8-2-4-9(12)5-3-8;/h2-5,10H,6-7,12H2,1H3;1H. The molecule has 1 unspecified atom stereocenters. The molecule has 2 rings (SSSR count). The average molecular weight is 243 g/mol. The maximum atomic E-state index is 11.1. The molecule has 16 heavy (non-hydrogen) atoms. The fourth-order valence-corrected chi connectivity index (χ4v) is 1.65. The largest absolute Gasteiger partial charge is 0.447 e. The van der Waals surface area contributed by atoms with Crippen molar-refractivity contribution in [2.75, 3.05) is 19.4 Å². The molecule has 2 N–H and O–H groups in total. The Morgan fingerprint density at radius 2 is 2.06 bits per heavy atom. The molecule has 0 saturated carbocycles. The highest BCUT2D eigenvalue weighted by atomic mass is 35.5. The van der Waals surface area contributed by atoms with Crippen LogP contribution in [0.3, 0.4) is 0 Å². The normalized spacial score (nSPS) is 19.2. The highest BCUT2D eigenvalue weighted by molar-refractivity contribution is 5.85. The minimum absolute atomic E-state index is 0. The van der Waals surface area contributed by atoms with Crippen molar-refractivity contribution in [3.63, 3.8) is 0 Å². The number of hydrogen-bond acceptors (Lipinski definition) is 3. The number of anilines is 1. The van der Waals surface area contributed by atoms with E-state index in [9.17, 15) is 4.79 Å². The predicted molar refractivity (Wildman–Crippen MR) is 64.7 cm³/mol. The van der Waals surface area contributed by atoms with Crippen molar-refractivity contribution in [3.05, 3.63) is 29.8 Å². The Morgan fingerprint density at radius 1 is 1.44 bits per heavy atom. The molecule has 0 spiro atoms. The Kier molecular flexibility index (Phi) is 4.01. The molecule has 5 heteroatoms. The molecule has 0 aliphatic carbocycles. The van der Waals surface area contributed by atoms with Crippen LogP contribution in [-0.4, -0.2) is 30.7 Å². The zero-order valence-corrected chi connectivity index (χ0v) is 9.87. The summed E-state index contributed by atoms with van der Waals surface area (Å²) in [5.41, 5.74) is 7.52. The zero-order chi connectivity index (χ0) is 10.8. The van der Waals surface area contributed by atoms with Crippen molar-refractivity contribution < 1.29 is 9.53 Å². The Balaban J connectivity index is 0.00000128. The van der Waals surface area contributed by atoms with E-state index in [-0.39, 0.29) is 24.5 Å². The van der Waals surface area contributed by atoms with Crippen LogP contribution in [0, 0.1) is 0 Å². The maximum Gasteiger partial charge on any atom is 0.409 e. The Morgan fingerprint density at radius 3 is 2.56 bits per heavy atom. The van der Waals surface area contributed by atoms with E-state index in [0.717, 1.165) is 12.1 Å². The number of carbonyl (C=O) groups is 1. The van der Waals surface area contributed by atoms with Gasteiger partial charge in [0.2, 0.25) is 0 Å². The van der Waals surface area contributed by atoms with Crippen LogP contribution in [0.25, 0.3) is 0 Å². The van der Waals surface area contributed by atoms with Gasteiger partial charge in [-0.15, -0.1) is 12.4 Å². The molecule has 1 aromatic rings. The van der Waals surface area contributed by atoms with Gasteiger partial charge in [0, 0.05) is 12.7 Å². The number of benzene rings is 1. The Hall–Kier alpha value is -1.42. The molecular formula is C11H15ClN2O2. The first kappa shape index (κ1) is 12.6. The van der Waals surface area contributed by atoms with Gasteiger partial charge in [0.25, 0.3) is 0 Å². The number of nitrogens with zero attached hydrogens (tertiary/aromatic N) is 1. The van der Waals surface area contributed by atoms with Gasteiger partial charge in [-0.05, 0) is 24.1 Å². The molecule has 1 amide bonds. The van der Waals surface area contributed by atoms with Gasteiger partial charge in [-0.3, -0.25) is 0 Å². The smallest absolute Gasteiger partial charge is 0.409 e. The first-order valence-electron chi connectivity index (χ1n) is 4.91. The quantitative estimate of drug-likeness (QED) is 0.803. The van der Waals surface area contributed by atoms with E-state index >= 15 is 0 Å². The van der Waals surface area contributed by atoms with Crippen LogP contribution >= 0.6 is 12.4 Å². The van der Waals surface area contributed by atoms with Crippen LogP contribution in [0.15, 0.2) is 24.3 Å². The predicted octanol–water partition coefficient (Wildman–Crippen LogP) is 1.68. The summed E-state index contributed by atoms with van der Waals surface area (Å²) in [5, 5.41) is 0. The highest BCUT2D eigenvalue weighted by Gasteiger charge is 2.29. The van der Waals surface area contributed by atoms with Crippen molar-refractivity contribution in [2.24, 2.45) is 0 Å². The first-order chi connectivity index (χ1) is 7.16. The summed E-state index contributed by atoms with van der Waals surface area (Å²) >= 11 is 0. The molecular weight excluding hydrogens is 228 g/mol. The van der Waals surface area contributed by atoms with Gasteiger partial charge in [-0.1, -0.05) is 12.1 Å². The number of nitrogen functional groups attached to an aromatic ring is 1. The third-order valence-electron chi connectivity index (χ3n) is 2.69. The topological polar surface area (TPSA) is 55.6 Å². The molecule has 1 atom stereocenters. The Labute approximate surface area is 101 Å². The third-order valence-corrected chi connectivity index (χ3v) is 2.69. The lowest BCUT2D eigenvalue weighted by molar-refractivity contribution is 0.163. The van der Waals surface area contributed by atoms with Crippen LogP contribution < -0.4 is 5.73 Å². The number of amides is 1. The van der Waals surface area contributed by atoms with Gasteiger partial charge in [0.15, 0.2) is 0 Å². The minimum Gasteiger partial charge on any atom is -0.447 e. The zero-order valence-electron chi connectivity index (χ0n) is 9.05.